The summed E-state index contributed by atoms with van der Waals surface area (Å²) in [7, 11) is 0. The number of carbonyl (C=O) groups excluding carboxylic acids is 1. The van der Waals surface area contributed by atoms with Crippen LogP contribution >= 0.6 is 36.2 Å². The zero-order chi connectivity index (χ0) is 15.6. The smallest absolute Gasteiger partial charge is 0.223 e. The average Bonchev–Trinajstić information content (AvgIpc) is 3.16. The lowest BCUT2D eigenvalue weighted by Crippen LogP contribution is -2.53. The van der Waals surface area contributed by atoms with Crippen LogP contribution in [0, 0.1) is 5.92 Å². The van der Waals surface area contributed by atoms with E-state index < -0.39 is 0 Å². The molecule has 0 bridgehead atoms. The number of nitrogens with zero attached hydrogens (tertiary/aromatic N) is 1. The van der Waals surface area contributed by atoms with Gasteiger partial charge in [0, 0.05) is 36.3 Å². The van der Waals surface area contributed by atoms with E-state index in [0.29, 0.717) is 18.7 Å². The van der Waals surface area contributed by atoms with Gasteiger partial charge in [-0.05, 0) is 38.5 Å². The second-order valence-electron chi connectivity index (χ2n) is 6.85. The number of amides is 1. The molecule has 3 atom stereocenters. The highest BCUT2D eigenvalue weighted by Gasteiger charge is 2.35. The van der Waals surface area contributed by atoms with Gasteiger partial charge in [-0.25, -0.2) is 4.98 Å². The molecule has 8 heteroatoms. The molecule has 1 amide bonds. The van der Waals surface area contributed by atoms with Gasteiger partial charge >= 0.3 is 0 Å². The Morgan fingerprint density at radius 2 is 2.20 bits per heavy atom. The summed E-state index contributed by atoms with van der Waals surface area (Å²) in [5.74, 6) is 0.340. The fourth-order valence-corrected chi connectivity index (χ4v) is 5.19. The summed E-state index contributed by atoms with van der Waals surface area (Å²) >= 11 is 1.84. The summed E-state index contributed by atoms with van der Waals surface area (Å²) < 4.78 is 5.78. The van der Waals surface area contributed by atoms with Crippen LogP contribution in [0.15, 0.2) is 0 Å². The number of aryl methyl sites for hydroxylation is 2. The normalized spacial score (nSPS) is 27.4. The number of thiazole rings is 1. The number of ether oxygens (including phenoxy) is 1. The van der Waals surface area contributed by atoms with Crippen molar-refractivity contribution in [1.29, 1.82) is 0 Å². The molecule has 0 spiro atoms. The van der Waals surface area contributed by atoms with Crippen LogP contribution in [-0.2, 0) is 28.8 Å². The van der Waals surface area contributed by atoms with Crippen LogP contribution < -0.4 is 10.6 Å². The van der Waals surface area contributed by atoms with Gasteiger partial charge in [-0.2, -0.15) is 0 Å². The van der Waals surface area contributed by atoms with Gasteiger partial charge in [-0.1, -0.05) is 0 Å². The van der Waals surface area contributed by atoms with Gasteiger partial charge < -0.3 is 15.4 Å². The lowest BCUT2D eigenvalue weighted by atomic mass is 9.82. The molecule has 2 N–H and O–H groups in total. The molecule has 2 aliphatic carbocycles. The van der Waals surface area contributed by atoms with Crippen LogP contribution in [0.25, 0.3) is 0 Å². The number of halogens is 2. The molecule has 4 rings (SSSR count). The minimum absolute atomic E-state index is 0. The maximum atomic E-state index is 12.4. The van der Waals surface area contributed by atoms with E-state index in [0.717, 1.165) is 45.3 Å². The predicted octanol–water partition coefficient (Wildman–Crippen LogP) is 2.29. The molecule has 25 heavy (non-hydrogen) atoms. The molecular weight excluding hydrogens is 381 g/mol. The molecular formula is C17H27Cl2N3O2S. The van der Waals surface area contributed by atoms with Gasteiger partial charge in [0.25, 0.3) is 0 Å². The molecule has 1 saturated carbocycles. The SMILES string of the molecule is Cl.Cl.O=C(NCCc1nc2c(s1)CCC2)[C@H]1CC[C@H]2OCCN[C@@H]2C1. The number of fused-ring (bicyclic) bond motifs is 2. The largest absolute Gasteiger partial charge is 0.375 e. The molecule has 0 unspecified atom stereocenters. The van der Waals surface area contributed by atoms with E-state index in [1.165, 1.54) is 28.4 Å². The van der Waals surface area contributed by atoms with E-state index >= 15 is 0 Å². The Hall–Kier alpha value is -0.400. The lowest BCUT2D eigenvalue weighted by molar-refractivity contribution is -0.128. The zero-order valence-electron chi connectivity index (χ0n) is 14.3. The van der Waals surface area contributed by atoms with Crippen LogP contribution in [0.3, 0.4) is 0 Å². The van der Waals surface area contributed by atoms with Gasteiger partial charge in [-0.15, -0.1) is 36.2 Å². The van der Waals surface area contributed by atoms with Gasteiger partial charge in [0.2, 0.25) is 5.91 Å². The lowest BCUT2D eigenvalue weighted by Gasteiger charge is -2.39. The van der Waals surface area contributed by atoms with Gasteiger partial charge in [-0.3, -0.25) is 4.79 Å². The Labute approximate surface area is 165 Å². The van der Waals surface area contributed by atoms with E-state index in [1.54, 1.807) is 0 Å². The van der Waals surface area contributed by atoms with Crippen molar-refractivity contribution in [2.45, 2.75) is 57.1 Å². The van der Waals surface area contributed by atoms with Crippen LogP contribution in [0.2, 0.25) is 0 Å². The molecule has 142 valence electrons. The van der Waals surface area contributed by atoms with Crippen molar-refractivity contribution in [3.8, 4) is 0 Å². The second-order valence-corrected chi connectivity index (χ2v) is 8.02. The van der Waals surface area contributed by atoms with Gasteiger partial charge in [0.05, 0.1) is 23.4 Å². The second kappa shape index (κ2) is 9.51. The average molecular weight is 408 g/mol. The van der Waals surface area contributed by atoms with Crippen molar-refractivity contribution >= 4 is 42.1 Å². The third-order valence-electron chi connectivity index (χ3n) is 5.28. The summed E-state index contributed by atoms with van der Waals surface area (Å²) in [6, 6.07) is 0.357. The number of hydrogen-bond donors (Lipinski definition) is 2. The number of morpholine rings is 1. The summed E-state index contributed by atoms with van der Waals surface area (Å²) in [5.41, 5.74) is 1.30. The first-order valence-electron chi connectivity index (χ1n) is 8.90. The van der Waals surface area contributed by atoms with Crippen molar-refractivity contribution in [2.24, 2.45) is 5.92 Å². The fraction of sp³-hybridized carbons (Fsp3) is 0.765. The molecule has 1 saturated heterocycles. The first-order valence-corrected chi connectivity index (χ1v) is 9.71. The first-order chi connectivity index (χ1) is 11.3. The van der Waals surface area contributed by atoms with E-state index in [2.05, 4.69) is 10.6 Å². The number of aromatic nitrogens is 1. The molecule has 1 aliphatic heterocycles. The molecule has 1 aromatic heterocycles. The Bertz CT molecular complexity index is 563. The zero-order valence-corrected chi connectivity index (χ0v) is 16.7. The minimum Gasteiger partial charge on any atom is -0.375 e. The third kappa shape index (κ3) is 4.86. The predicted molar refractivity (Wildman–Crippen MR) is 104 cm³/mol. The Morgan fingerprint density at radius 3 is 3.04 bits per heavy atom. The van der Waals surface area contributed by atoms with Gasteiger partial charge in [0.1, 0.15) is 0 Å². The van der Waals surface area contributed by atoms with Crippen LogP contribution in [0.4, 0.5) is 0 Å². The fourth-order valence-electron chi connectivity index (χ4n) is 4.04. The number of carbonyl (C=O) groups is 1. The van der Waals surface area contributed by atoms with Crippen molar-refractivity contribution in [1.82, 2.24) is 15.6 Å². The molecule has 2 fully saturated rings. The van der Waals surface area contributed by atoms with Crippen molar-refractivity contribution in [3.05, 3.63) is 15.6 Å². The maximum Gasteiger partial charge on any atom is 0.223 e. The first kappa shape index (κ1) is 20.9. The third-order valence-corrected chi connectivity index (χ3v) is 6.49. The molecule has 3 aliphatic rings. The number of nitrogens with one attached hydrogen (secondary N) is 2. The van der Waals surface area contributed by atoms with Gasteiger partial charge in [0.15, 0.2) is 0 Å². The van der Waals surface area contributed by atoms with Crippen LogP contribution in [0.1, 0.15) is 41.3 Å². The van der Waals surface area contributed by atoms with Crippen molar-refractivity contribution in [3.63, 3.8) is 0 Å². The topological polar surface area (TPSA) is 63.2 Å². The molecule has 2 heterocycles. The van der Waals surface area contributed by atoms with E-state index in [9.17, 15) is 4.79 Å². The summed E-state index contributed by atoms with van der Waals surface area (Å²) in [6.45, 7) is 2.42. The maximum absolute atomic E-state index is 12.4. The molecule has 0 radical (unpaired) electrons. The quantitative estimate of drug-likeness (QED) is 0.803. The Morgan fingerprint density at radius 1 is 1.32 bits per heavy atom. The highest BCUT2D eigenvalue weighted by atomic mass is 35.5. The Kier molecular flexibility index (Phi) is 7.95. The van der Waals surface area contributed by atoms with Crippen molar-refractivity contribution in [2.75, 3.05) is 19.7 Å². The monoisotopic (exact) mass is 407 g/mol. The Balaban J connectivity index is 0.00000113. The molecule has 1 aromatic rings. The minimum atomic E-state index is 0. The number of hydrogen-bond acceptors (Lipinski definition) is 5. The molecule has 5 nitrogen and oxygen atoms in total. The summed E-state index contributed by atoms with van der Waals surface area (Å²) in [6.07, 6.45) is 7.61. The van der Waals surface area contributed by atoms with E-state index in [-0.39, 0.29) is 36.6 Å². The van der Waals surface area contributed by atoms with E-state index in [1.807, 2.05) is 11.3 Å². The highest BCUT2D eigenvalue weighted by molar-refractivity contribution is 7.11. The van der Waals surface area contributed by atoms with Crippen LogP contribution in [-0.4, -0.2) is 42.7 Å². The van der Waals surface area contributed by atoms with E-state index in [4.69, 9.17) is 9.72 Å². The standard InChI is InChI=1S/C17H25N3O2S.2ClH/c21-17(11-4-5-14-13(10-11)18-8-9-22-14)19-7-6-16-20-12-2-1-3-15(12)23-16;;/h11,13-14,18H,1-10H2,(H,19,21);2*1H/t11-,13+,14+;;/m0../s1. The molecule has 0 aromatic carbocycles. The highest BCUT2D eigenvalue weighted by Crippen LogP contribution is 2.29. The van der Waals surface area contributed by atoms with Crippen LogP contribution in [0.5, 0.6) is 0 Å². The summed E-state index contributed by atoms with van der Waals surface area (Å²) in [4.78, 5) is 18.6. The summed E-state index contributed by atoms with van der Waals surface area (Å²) in [5, 5.41) is 7.80. The number of rotatable bonds is 4. The van der Waals surface area contributed by atoms with Crippen molar-refractivity contribution < 1.29 is 9.53 Å².